The van der Waals surface area contributed by atoms with Gasteiger partial charge in [-0.15, -0.1) is 0 Å². The van der Waals surface area contributed by atoms with Gasteiger partial charge in [0, 0.05) is 24.0 Å². The minimum absolute atomic E-state index is 0.0459. The zero-order valence-corrected chi connectivity index (χ0v) is 19.6. The summed E-state index contributed by atoms with van der Waals surface area (Å²) in [5.41, 5.74) is 6.17. The van der Waals surface area contributed by atoms with E-state index in [2.05, 4.69) is 55.9 Å². The Morgan fingerprint density at radius 3 is 2.55 bits per heavy atom. The van der Waals surface area contributed by atoms with Crippen LogP contribution in [0.3, 0.4) is 0 Å². The third-order valence-electron chi connectivity index (χ3n) is 4.90. The van der Waals surface area contributed by atoms with Crippen LogP contribution in [0.15, 0.2) is 96.4 Å². The highest BCUT2D eigenvalue weighted by molar-refractivity contribution is 5.56. The molecule has 0 aliphatic carbocycles. The summed E-state index contributed by atoms with van der Waals surface area (Å²) < 4.78 is 13.3. The van der Waals surface area contributed by atoms with Gasteiger partial charge in [-0.3, -0.25) is 0 Å². The first-order valence-corrected chi connectivity index (χ1v) is 10.8. The molecule has 1 rings (SSSR count). The maximum atomic E-state index is 13.3. The number of nitrogens with one attached hydrogen (secondary N) is 2. The summed E-state index contributed by atoms with van der Waals surface area (Å²) in [5, 5.41) is 6.96. The van der Waals surface area contributed by atoms with Crippen LogP contribution in [0.2, 0.25) is 0 Å². The molecule has 0 saturated heterocycles. The minimum atomic E-state index is -0.223. The summed E-state index contributed by atoms with van der Waals surface area (Å²) in [5.74, 6) is -0.223. The molecule has 3 heteroatoms. The molecular weight excluding hydrogens is 383 g/mol. The number of aryl methyl sites for hydroxylation is 1. The van der Waals surface area contributed by atoms with Crippen molar-refractivity contribution in [1.29, 1.82) is 0 Å². The molecule has 0 radical (unpaired) electrons. The Morgan fingerprint density at radius 1 is 1.23 bits per heavy atom. The van der Waals surface area contributed by atoms with Crippen molar-refractivity contribution in [2.75, 3.05) is 6.54 Å². The number of hydrogen-bond donors (Lipinski definition) is 2. The van der Waals surface area contributed by atoms with Crippen molar-refractivity contribution in [3.63, 3.8) is 0 Å². The van der Waals surface area contributed by atoms with Crippen molar-refractivity contribution in [2.24, 2.45) is 0 Å². The smallest absolute Gasteiger partial charge is 0.123 e. The van der Waals surface area contributed by atoms with Crippen molar-refractivity contribution in [1.82, 2.24) is 10.6 Å². The van der Waals surface area contributed by atoms with Gasteiger partial charge >= 0.3 is 0 Å². The fourth-order valence-electron chi connectivity index (χ4n) is 3.05. The van der Waals surface area contributed by atoms with Crippen molar-refractivity contribution < 1.29 is 4.39 Å². The van der Waals surface area contributed by atoms with E-state index in [1.54, 1.807) is 12.1 Å². The standard InChI is InChI=1S/C28H37FN2/c1-8-12-24(10-3)20-30-28(11-4)19-26(13-9-2)23(7)31-22(6)14-15-25-16-17-27(29)18-21(25)5/h8-10,12-19,23,30-31H,2,6,11,20H2,1,3-5,7H3/b12-8-,15-14+,24-10+,26-13+,28-19+. The molecule has 0 aliphatic rings. The van der Waals surface area contributed by atoms with Crippen LogP contribution in [0.5, 0.6) is 0 Å². The maximum absolute atomic E-state index is 13.3. The van der Waals surface area contributed by atoms with Gasteiger partial charge in [0.2, 0.25) is 0 Å². The first-order chi connectivity index (χ1) is 14.8. The van der Waals surface area contributed by atoms with Crippen LogP contribution in [-0.4, -0.2) is 12.6 Å². The Kier molecular flexibility index (Phi) is 11.7. The SMILES string of the molecule is C=C/C=C(\C=C(/CC)NCC(/C=C\C)=C/C)C(C)NC(=C)/C=C/c1ccc(F)cc1C. The average molecular weight is 421 g/mol. The van der Waals surface area contributed by atoms with Crippen LogP contribution in [0.1, 0.15) is 45.2 Å². The average Bonchev–Trinajstić information content (AvgIpc) is 2.74. The highest BCUT2D eigenvalue weighted by atomic mass is 19.1. The van der Waals surface area contributed by atoms with Gasteiger partial charge in [-0.25, -0.2) is 4.39 Å². The second-order valence-electron chi connectivity index (χ2n) is 7.37. The van der Waals surface area contributed by atoms with Crippen molar-refractivity contribution in [2.45, 2.75) is 47.1 Å². The number of rotatable bonds is 12. The number of benzene rings is 1. The topological polar surface area (TPSA) is 24.1 Å². The summed E-state index contributed by atoms with van der Waals surface area (Å²) in [6, 6.07) is 4.82. The van der Waals surface area contributed by atoms with Crippen LogP contribution in [-0.2, 0) is 0 Å². The molecule has 0 saturated carbocycles. The Hall–Kier alpha value is -3.07. The lowest BCUT2D eigenvalue weighted by atomic mass is 10.0. The molecule has 2 nitrogen and oxygen atoms in total. The predicted molar refractivity (Wildman–Crippen MR) is 135 cm³/mol. The van der Waals surface area contributed by atoms with Crippen molar-refractivity contribution in [3.8, 4) is 0 Å². The fraction of sp³-hybridized carbons (Fsp3) is 0.286. The van der Waals surface area contributed by atoms with Gasteiger partial charge in [0.15, 0.2) is 0 Å². The number of halogens is 1. The van der Waals surface area contributed by atoms with E-state index in [1.165, 1.54) is 17.7 Å². The van der Waals surface area contributed by atoms with E-state index in [9.17, 15) is 4.39 Å². The Labute approximate surface area is 188 Å². The molecule has 0 spiro atoms. The van der Waals surface area contributed by atoms with Crippen LogP contribution in [0.25, 0.3) is 6.08 Å². The van der Waals surface area contributed by atoms with E-state index in [4.69, 9.17) is 0 Å². The molecule has 0 amide bonds. The van der Waals surface area contributed by atoms with Gasteiger partial charge in [-0.2, -0.15) is 0 Å². The summed E-state index contributed by atoms with van der Waals surface area (Å²) in [6.07, 6.45) is 17.0. The molecule has 0 fully saturated rings. The molecule has 1 atom stereocenters. The maximum Gasteiger partial charge on any atom is 0.123 e. The van der Waals surface area contributed by atoms with Gasteiger partial charge in [0.05, 0.1) is 0 Å². The lowest BCUT2D eigenvalue weighted by molar-refractivity contribution is 0.626. The summed E-state index contributed by atoms with van der Waals surface area (Å²) in [7, 11) is 0. The Bertz CT molecular complexity index is 898. The van der Waals surface area contributed by atoms with Gasteiger partial charge < -0.3 is 10.6 Å². The van der Waals surface area contributed by atoms with Gasteiger partial charge in [-0.05, 0) is 80.7 Å². The zero-order valence-electron chi connectivity index (χ0n) is 19.6. The summed E-state index contributed by atoms with van der Waals surface area (Å²) in [6.45, 7) is 19.0. The highest BCUT2D eigenvalue weighted by Gasteiger charge is 2.08. The predicted octanol–water partition coefficient (Wildman–Crippen LogP) is 7.16. The van der Waals surface area contributed by atoms with E-state index >= 15 is 0 Å². The highest BCUT2D eigenvalue weighted by Crippen LogP contribution is 2.14. The van der Waals surface area contributed by atoms with Gasteiger partial charge in [0.25, 0.3) is 0 Å². The Morgan fingerprint density at radius 2 is 1.97 bits per heavy atom. The number of hydrogen-bond acceptors (Lipinski definition) is 2. The van der Waals surface area contributed by atoms with E-state index in [-0.39, 0.29) is 11.9 Å². The summed E-state index contributed by atoms with van der Waals surface area (Å²) in [4.78, 5) is 0. The van der Waals surface area contributed by atoms with Crippen molar-refractivity contribution in [3.05, 3.63) is 113 Å². The molecule has 0 heterocycles. The molecule has 166 valence electrons. The van der Waals surface area contributed by atoms with Crippen LogP contribution in [0, 0.1) is 12.7 Å². The molecule has 1 aromatic rings. The van der Waals surface area contributed by atoms with Crippen LogP contribution >= 0.6 is 0 Å². The molecule has 0 aliphatic heterocycles. The molecule has 1 unspecified atom stereocenters. The third kappa shape index (κ3) is 9.52. The second-order valence-corrected chi connectivity index (χ2v) is 7.37. The lowest BCUT2D eigenvalue weighted by Crippen LogP contribution is -2.26. The van der Waals surface area contributed by atoms with E-state index in [0.717, 1.165) is 41.1 Å². The van der Waals surface area contributed by atoms with Gasteiger partial charge in [0.1, 0.15) is 5.82 Å². The van der Waals surface area contributed by atoms with E-state index < -0.39 is 0 Å². The monoisotopic (exact) mass is 420 g/mol. The molecule has 0 aromatic heterocycles. The third-order valence-corrected chi connectivity index (χ3v) is 4.90. The van der Waals surface area contributed by atoms with Crippen molar-refractivity contribution >= 4 is 6.08 Å². The first kappa shape index (κ1) is 26.0. The second kappa shape index (κ2) is 14.0. The number of allylic oxidation sites excluding steroid dienone is 6. The Balaban J connectivity index is 2.87. The summed E-state index contributed by atoms with van der Waals surface area (Å²) >= 11 is 0. The van der Waals surface area contributed by atoms with Crippen LogP contribution in [0.4, 0.5) is 4.39 Å². The molecule has 0 bridgehead atoms. The quantitative estimate of drug-likeness (QED) is 0.351. The molecule has 2 N–H and O–H groups in total. The molecule has 31 heavy (non-hydrogen) atoms. The molecular formula is C28H37FN2. The normalized spacial score (nSPS) is 14.2. The largest absolute Gasteiger partial charge is 0.384 e. The lowest BCUT2D eigenvalue weighted by Gasteiger charge is -2.19. The van der Waals surface area contributed by atoms with E-state index in [0.29, 0.717) is 0 Å². The first-order valence-electron chi connectivity index (χ1n) is 10.8. The minimum Gasteiger partial charge on any atom is -0.384 e. The van der Waals surface area contributed by atoms with Gasteiger partial charge in [-0.1, -0.05) is 62.6 Å². The fourth-order valence-corrected chi connectivity index (χ4v) is 3.05. The van der Waals surface area contributed by atoms with Crippen LogP contribution < -0.4 is 10.6 Å². The molecule has 1 aromatic carbocycles. The van der Waals surface area contributed by atoms with E-state index in [1.807, 2.05) is 45.1 Å². The zero-order chi connectivity index (χ0) is 23.2.